The maximum atomic E-state index is 14.3. The molecule has 6 nitrogen and oxygen atoms in total. The second kappa shape index (κ2) is 13.5. The molecule has 0 N–H and O–H groups in total. The molecule has 0 fully saturated rings. The molecule has 2 aromatic carbocycles. The summed E-state index contributed by atoms with van der Waals surface area (Å²) in [4.78, 5) is 31.5. The van der Waals surface area contributed by atoms with Crippen molar-refractivity contribution in [2.24, 2.45) is 0 Å². The van der Waals surface area contributed by atoms with Gasteiger partial charge in [-0.2, -0.15) is 0 Å². The van der Waals surface area contributed by atoms with Gasteiger partial charge in [-0.15, -0.1) is 0 Å². The summed E-state index contributed by atoms with van der Waals surface area (Å²) in [5.74, 6) is -2.38. The first-order valence-electron chi connectivity index (χ1n) is 12.9. The van der Waals surface area contributed by atoms with Crippen LogP contribution in [-0.2, 0) is 16.1 Å². The Balaban J connectivity index is 1.86. The molecule has 0 unspecified atom stereocenters. The molecular weight excluding hydrogens is 483 g/mol. The highest BCUT2D eigenvalue weighted by molar-refractivity contribution is 5.94. The topological polar surface area (TPSA) is 53.1 Å². The van der Waals surface area contributed by atoms with E-state index in [4.69, 9.17) is 4.74 Å². The van der Waals surface area contributed by atoms with Gasteiger partial charge in [0.25, 0.3) is 0 Å². The summed E-state index contributed by atoms with van der Waals surface area (Å²) < 4.78 is 47.4. The van der Waals surface area contributed by atoms with Crippen molar-refractivity contribution in [1.82, 2.24) is 9.80 Å². The Morgan fingerprint density at radius 1 is 0.919 bits per heavy atom. The number of amides is 2. The second-order valence-electron chi connectivity index (χ2n) is 9.50. The summed E-state index contributed by atoms with van der Waals surface area (Å²) in [6.07, 6.45) is 1.67. The van der Waals surface area contributed by atoms with Gasteiger partial charge in [-0.1, -0.05) is 6.92 Å². The zero-order chi connectivity index (χ0) is 26.9. The van der Waals surface area contributed by atoms with Crippen LogP contribution in [0.1, 0.15) is 52.0 Å². The number of rotatable bonds is 6. The third-order valence-corrected chi connectivity index (χ3v) is 6.56. The van der Waals surface area contributed by atoms with Crippen LogP contribution in [0.15, 0.2) is 36.4 Å². The predicted octanol–water partition coefficient (Wildman–Crippen LogP) is 5.15. The number of benzene rings is 2. The fourth-order valence-corrected chi connectivity index (χ4v) is 4.49. The molecule has 0 atom stereocenters. The first-order valence-corrected chi connectivity index (χ1v) is 12.9. The van der Waals surface area contributed by atoms with E-state index in [0.717, 1.165) is 25.2 Å². The molecule has 0 spiro atoms. The minimum Gasteiger partial charge on any atom is -0.493 e. The third-order valence-electron chi connectivity index (χ3n) is 6.56. The number of hydrogen-bond acceptors (Lipinski definition) is 4. The Labute approximate surface area is 217 Å². The first-order chi connectivity index (χ1) is 17.7. The predicted molar refractivity (Wildman–Crippen MR) is 137 cm³/mol. The maximum absolute atomic E-state index is 14.3. The van der Waals surface area contributed by atoms with Gasteiger partial charge in [0.05, 0.1) is 18.7 Å². The van der Waals surface area contributed by atoms with Crippen LogP contribution < -0.4 is 9.64 Å². The molecule has 1 aliphatic heterocycles. The molecule has 1 heterocycles. The number of nitrogens with zero attached hydrogens (tertiary/aromatic N) is 3. The van der Waals surface area contributed by atoms with Crippen LogP contribution in [0.2, 0.25) is 0 Å². The van der Waals surface area contributed by atoms with Crippen LogP contribution >= 0.6 is 0 Å². The van der Waals surface area contributed by atoms with Crippen molar-refractivity contribution in [3.63, 3.8) is 0 Å². The quantitative estimate of drug-likeness (QED) is 0.530. The molecule has 0 radical (unpaired) electrons. The highest BCUT2D eigenvalue weighted by Gasteiger charge is 2.24. The summed E-state index contributed by atoms with van der Waals surface area (Å²) in [6.45, 7) is 8.35. The van der Waals surface area contributed by atoms with E-state index in [2.05, 4.69) is 18.7 Å². The lowest BCUT2D eigenvalue weighted by Gasteiger charge is -2.33. The second-order valence-corrected chi connectivity index (χ2v) is 9.50. The Hall–Kier alpha value is -3.07. The molecule has 1 aliphatic rings. The standard InChI is InChI=1S/C28H36F3N3O3/c1-4-27(35)34-15-6-13-32(20(2)3)12-5-14-33(19-21-17-24(30)25(31)18-26(21)34)28(36)11-16-37-23-9-7-22(29)8-10-23/h7-10,17-18,20H,4-6,11-16,19H2,1-3H3. The van der Waals surface area contributed by atoms with Gasteiger partial charge in [-0.25, -0.2) is 13.2 Å². The van der Waals surface area contributed by atoms with Crippen LogP contribution in [0, 0.1) is 17.5 Å². The van der Waals surface area contributed by atoms with E-state index in [1.165, 1.54) is 29.2 Å². The molecule has 0 aromatic heterocycles. The molecule has 0 aliphatic carbocycles. The number of ether oxygens (including phenoxy) is 1. The van der Waals surface area contributed by atoms with Crippen LogP contribution in [0.25, 0.3) is 0 Å². The van der Waals surface area contributed by atoms with Crippen molar-refractivity contribution < 1.29 is 27.5 Å². The van der Waals surface area contributed by atoms with E-state index in [-0.39, 0.29) is 49.7 Å². The number of hydrogen-bond donors (Lipinski definition) is 0. The van der Waals surface area contributed by atoms with Gasteiger partial charge >= 0.3 is 0 Å². The van der Waals surface area contributed by atoms with Crippen molar-refractivity contribution in [1.29, 1.82) is 0 Å². The van der Waals surface area contributed by atoms with Gasteiger partial charge in [0.15, 0.2) is 11.6 Å². The molecule has 202 valence electrons. The summed E-state index contributed by atoms with van der Waals surface area (Å²) in [5, 5.41) is 0. The van der Waals surface area contributed by atoms with Crippen LogP contribution in [-0.4, -0.2) is 60.4 Å². The number of carbonyl (C=O) groups excluding carboxylic acids is 2. The number of carbonyl (C=O) groups is 2. The Kier molecular flexibility index (Phi) is 10.4. The van der Waals surface area contributed by atoms with Crippen molar-refractivity contribution in [3.8, 4) is 5.75 Å². The summed E-state index contributed by atoms with van der Waals surface area (Å²) in [5.41, 5.74) is 0.678. The number of anilines is 1. The fraction of sp³-hybridized carbons (Fsp3) is 0.500. The zero-order valence-corrected chi connectivity index (χ0v) is 21.8. The normalized spacial score (nSPS) is 15.6. The average molecular weight is 520 g/mol. The number of halogens is 3. The van der Waals surface area contributed by atoms with Gasteiger partial charge in [0, 0.05) is 51.3 Å². The summed E-state index contributed by atoms with van der Waals surface area (Å²) in [7, 11) is 0. The summed E-state index contributed by atoms with van der Waals surface area (Å²) in [6, 6.07) is 7.97. The van der Waals surface area contributed by atoms with Crippen molar-refractivity contribution >= 4 is 17.5 Å². The summed E-state index contributed by atoms with van der Waals surface area (Å²) >= 11 is 0. The van der Waals surface area contributed by atoms with Gasteiger partial charge in [-0.05, 0) is 62.6 Å². The van der Waals surface area contributed by atoms with Crippen LogP contribution in [0.4, 0.5) is 18.9 Å². The molecule has 2 amide bonds. The van der Waals surface area contributed by atoms with Gasteiger partial charge < -0.3 is 19.4 Å². The Bertz CT molecular complexity index is 1060. The van der Waals surface area contributed by atoms with Crippen LogP contribution in [0.5, 0.6) is 5.75 Å². The van der Waals surface area contributed by atoms with Crippen LogP contribution in [0.3, 0.4) is 0 Å². The van der Waals surface area contributed by atoms with E-state index in [1.54, 1.807) is 11.8 Å². The smallest absolute Gasteiger partial charge is 0.226 e. The fourth-order valence-electron chi connectivity index (χ4n) is 4.49. The largest absolute Gasteiger partial charge is 0.493 e. The minimum atomic E-state index is -1.03. The SMILES string of the molecule is CCC(=O)N1CCCN(C(C)C)CCCN(C(=O)CCOc2ccc(F)cc2)Cc2cc(F)c(F)cc21. The van der Waals surface area contributed by atoms with Gasteiger partial charge in [0.1, 0.15) is 11.6 Å². The van der Waals surface area contributed by atoms with Gasteiger partial charge in [0.2, 0.25) is 11.8 Å². The van der Waals surface area contributed by atoms with E-state index < -0.39 is 11.6 Å². The van der Waals surface area contributed by atoms with E-state index in [1.807, 2.05) is 0 Å². The molecule has 0 saturated heterocycles. The number of fused-ring (bicyclic) bond motifs is 1. The van der Waals surface area contributed by atoms with Gasteiger partial charge in [-0.3, -0.25) is 9.59 Å². The minimum absolute atomic E-state index is 0.0388. The molecule has 9 heteroatoms. The highest BCUT2D eigenvalue weighted by atomic mass is 19.2. The van der Waals surface area contributed by atoms with Crippen molar-refractivity contribution in [3.05, 3.63) is 59.4 Å². The highest BCUT2D eigenvalue weighted by Crippen LogP contribution is 2.27. The molecule has 3 rings (SSSR count). The third kappa shape index (κ3) is 7.95. The lowest BCUT2D eigenvalue weighted by molar-refractivity contribution is -0.132. The average Bonchev–Trinajstić information content (AvgIpc) is 2.86. The molecule has 37 heavy (non-hydrogen) atoms. The molecule has 0 saturated carbocycles. The van der Waals surface area contributed by atoms with E-state index >= 15 is 0 Å². The molecule has 2 aromatic rings. The Morgan fingerprint density at radius 2 is 1.57 bits per heavy atom. The lowest BCUT2D eigenvalue weighted by Crippen LogP contribution is -2.40. The molecule has 0 bridgehead atoms. The van der Waals surface area contributed by atoms with Crippen molar-refractivity contribution in [2.45, 2.75) is 59.0 Å². The van der Waals surface area contributed by atoms with E-state index in [0.29, 0.717) is 42.9 Å². The lowest BCUT2D eigenvalue weighted by atomic mass is 10.1. The molecular formula is C28H36F3N3O3. The monoisotopic (exact) mass is 519 g/mol. The van der Waals surface area contributed by atoms with Crippen molar-refractivity contribution in [2.75, 3.05) is 37.7 Å². The Morgan fingerprint density at radius 3 is 2.22 bits per heavy atom. The first kappa shape index (κ1) is 28.5. The zero-order valence-electron chi connectivity index (χ0n) is 21.8. The van der Waals surface area contributed by atoms with E-state index in [9.17, 15) is 22.8 Å². The maximum Gasteiger partial charge on any atom is 0.226 e.